The van der Waals surface area contributed by atoms with Gasteiger partial charge in [-0.2, -0.15) is 0 Å². The molecule has 3 atom stereocenters. The number of carbonyl (C=O) groups is 4. The molecule has 1 aromatic carbocycles. The molecular formula is C22H25N3O7. The van der Waals surface area contributed by atoms with Crippen LogP contribution in [-0.4, -0.2) is 51.1 Å². The van der Waals surface area contributed by atoms with Crippen LogP contribution in [0.5, 0.6) is 5.75 Å². The van der Waals surface area contributed by atoms with Crippen molar-refractivity contribution in [2.45, 2.75) is 45.4 Å². The first-order valence-corrected chi connectivity index (χ1v) is 10.1. The number of amides is 2. The van der Waals surface area contributed by atoms with E-state index in [1.807, 2.05) is 0 Å². The summed E-state index contributed by atoms with van der Waals surface area (Å²) >= 11 is 0. The molecule has 2 heterocycles. The Bertz CT molecular complexity index is 1030. The Hall–Kier alpha value is -3.66. The molecule has 10 heteroatoms. The number of allylic oxidation sites excluding steroid dienone is 1. The summed E-state index contributed by atoms with van der Waals surface area (Å²) in [6, 6.07) is 2.52. The maximum atomic E-state index is 13.2. The average Bonchev–Trinajstić information content (AvgIpc) is 3.13. The van der Waals surface area contributed by atoms with E-state index in [9.17, 15) is 29.4 Å². The number of nitrogens with zero attached hydrogens (tertiary/aromatic N) is 1. The third-order valence-electron chi connectivity index (χ3n) is 5.52. The van der Waals surface area contributed by atoms with Crippen molar-refractivity contribution in [2.24, 2.45) is 11.7 Å². The second-order valence-corrected chi connectivity index (χ2v) is 7.77. The molecule has 0 radical (unpaired) electrons. The highest BCUT2D eigenvalue weighted by Crippen LogP contribution is 2.39. The molecule has 0 fully saturated rings. The van der Waals surface area contributed by atoms with E-state index in [1.165, 1.54) is 23.3 Å². The van der Waals surface area contributed by atoms with Gasteiger partial charge in [-0.25, -0.2) is 0 Å². The Labute approximate surface area is 184 Å². The number of ether oxygens (including phenoxy) is 1. The minimum atomic E-state index is -1.20. The number of esters is 1. The van der Waals surface area contributed by atoms with E-state index < -0.39 is 41.9 Å². The van der Waals surface area contributed by atoms with Crippen molar-refractivity contribution in [2.75, 3.05) is 5.32 Å². The molecule has 0 saturated heterocycles. The fourth-order valence-corrected chi connectivity index (χ4v) is 3.73. The number of hydrogen-bond acceptors (Lipinski definition) is 7. The lowest BCUT2D eigenvalue weighted by molar-refractivity contribution is -0.147. The molecule has 0 aromatic heterocycles. The Morgan fingerprint density at radius 3 is 2.72 bits per heavy atom. The van der Waals surface area contributed by atoms with Crippen molar-refractivity contribution in [1.29, 1.82) is 0 Å². The van der Waals surface area contributed by atoms with Crippen LogP contribution < -0.4 is 15.8 Å². The minimum Gasteiger partial charge on any atom is -0.481 e. The first-order chi connectivity index (χ1) is 15.1. The highest BCUT2D eigenvalue weighted by atomic mass is 16.5. The summed E-state index contributed by atoms with van der Waals surface area (Å²) in [5.74, 6) is -3.70. The van der Waals surface area contributed by atoms with Crippen LogP contribution in [0, 0.1) is 12.8 Å². The van der Waals surface area contributed by atoms with Crippen molar-refractivity contribution < 1.29 is 34.1 Å². The first kappa shape index (κ1) is 23.0. The maximum absolute atomic E-state index is 13.2. The summed E-state index contributed by atoms with van der Waals surface area (Å²) in [6.07, 6.45) is 3.24. The van der Waals surface area contributed by atoms with Crippen LogP contribution in [0.1, 0.15) is 42.1 Å². The number of aliphatic carboxylic acids is 1. The molecule has 2 amide bonds. The van der Waals surface area contributed by atoms with Crippen molar-refractivity contribution in [1.82, 2.24) is 4.90 Å². The molecule has 2 aliphatic heterocycles. The number of hydrogen-bond donors (Lipinski definition) is 4. The van der Waals surface area contributed by atoms with Crippen LogP contribution in [0.4, 0.5) is 5.69 Å². The van der Waals surface area contributed by atoms with Gasteiger partial charge in [0.05, 0.1) is 29.6 Å². The molecule has 0 aliphatic carbocycles. The Morgan fingerprint density at radius 2 is 2.09 bits per heavy atom. The van der Waals surface area contributed by atoms with Gasteiger partial charge in [0.25, 0.3) is 5.91 Å². The quantitative estimate of drug-likeness (QED) is 0.279. The highest BCUT2D eigenvalue weighted by molar-refractivity contribution is 6.03. The average molecular weight is 443 g/mol. The Balaban J connectivity index is 1.92. The number of aryl methyl sites for hydroxylation is 1. The molecule has 32 heavy (non-hydrogen) atoms. The molecule has 0 bridgehead atoms. The van der Waals surface area contributed by atoms with Gasteiger partial charge in [-0.1, -0.05) is 19.1 Å². The lowest BCUT2D eigenvalue weighted by Gasteiger charge is -2.25. The number of rotatable bonds is 7. The van der Waals surface area contributed by atoms with E-state index in [1.54, 1.807) is 26.0 Å². The number of nitrogens with two attached hydrogens (primary N) is 1. The predicted molar refractivity (Wildman–Crippen MR) is 113 cm³/mol. The monoisotopic (exact) mass is 443 g/mol. The van der Waals surface area contributed by atoms with Crippen LogP contribution in [0.2, 0.25) is 0 Å². The second kappa shape index (κ2) is 9.23. The zero-order valence-corrected chi connectivity index (χ0v) is 17.7. The smallest absolute Gasteiger partial charge is 0.312 e. The number of carbonyl (C=O) groups excluding carboxylic acids is 3. The van der Waals surface area contributed by atoms with Gasteiger partial charge in [0.15, 0.2) is 5.75 Å². The highest BCUT2D eigenvalue weighted by Gasteiger charge is 2.39. The van der Waals surface area contributed by atoms with Crippen molar-refractivity contribution in [3.63, 3.8) is 0 Å². The zero-order valence-electron chi connectivity index (χ0n) is 17.7. The van der Waals surface area contributed by atoms with Crippen LogP contribution in [0.15, 0.2) is 36.1 Å². The lowest BCUT2D eigenvalue weighted by Crippen LogP contribution is -2.42. The zero-order chi connectivity index (χ0) is 23.6. The maximum Gasteiger partial charge on any atom is 0.312 e. The molecule has 3 unspecified atom stereocenters. The number of carboxylic acid groups (broad SMARTS) is 1. The third kappa shape index (κ3) is 4.65. The van der Waals surface area contributed by atoms with Crippen LogP contribution in [0.25, 0.3) is 0 Å². The number of primary amides is 1. The van der Waals surface area contributed by atoms with E-state index in [2.05, 4.69) is 5.32 Å². The number of aliphatic hydroxyl groups is 1. The van der Waals surface area contributed by atoms with Crippen LogP contribution >= 0.6 is 0 Å². The van der Waals surface area contributed by atoms with E-state index in [0.717, 1.165) is 0 Å². The molecule has 10 nitrogen and oxygen atoms in total. The standard InChI is InChI=1S/C22H25N3O7/c1-3-13(22(30)31)9-17(27)32-19-11(2)4-6-14-18(19)24-20(28)15-8-12(5-7-16(23)26)10-25(15)21(14)29/h4-7,10,13,15,20,24,28H,3,8-9H2,1-2H3,(H2,23,26)(H,30,31). The number of anilines is 1. The van der Waals surface area contributed by atoms with Gasteiger partial charge in [-0.15, -0.1) is 0 Å². The van der Waals surface area contributed by atoms with Gasteiger partial charge in [-0.3, -0.25) is 19.2 Å². The molecule has 1 aromatic rings. The van der Waals surface area contributed by atoms with Gasteiger partial charge in [0.1, 0.15) is 6.23 Å². The largest absolute Gasteiger partial charge is 0.481 e. The molecule has 5 N–H and O–H groups in total. The summed E-state index contributed by atoms with van der Waals surface area (Å²) in [6.45, 7) is 3.34. The number of carboxylic acids is 1. The normalized spacial score (nSPS) is 20.7. The second-order valence-electron chi connectivity index (χ2n) is 7.77. The van der Waals surface area contributed by atoms with Crippen LogP contribution in [0.3, 0.4) is 0 Å². The van der Waals surface area contributed by atoms with E-state index in [-0.39, 0.29) is 36.3 Å². The summed E-state index contributed by atoms with van der Waals surface area (Å²) in [4.78, 5) is 49.2. The number of nitrogens with one attached hydrogen (secondary N) is 1. The Kier molecular flexibility index (Phi) is 6.64. The van der Waals surface area contributed by atoms with E-state index >= 15 is 0 Å². The van der Waals surface area contributed by atoms with E-state index in [4.69, 9.17) is 10.5 Å². The fraction of sp³-hybridized carbons (Fsp3) is 0.364. The van der Waals surface area contributed by atoms with Crippen molar-refractivity contribution in [3.8, 4) is 5.75 Å². The molecule has 170 valence electrons. The molecule has 0 spiro atoms. The summed E-state index contributed by atoms with van der Waals surface area (Å²) in [7, 11) is 0. The Morgan fingerprint density at radius 1 is 1.38 bits per heavy atom. The molecular weight excluding hydrogens is 418 g/mol. The summed E-state index contributed by atoms with van der Waals surface area (Å²) in [5.41, 5.74) is 6.64. The molecule has 2 aliphatic rings. The van der Waals surface area contributed by atoms with Gasteiger partial charge in [0, 0.05) is 12.3 Å². The van der Waals surface area contributed by atoms with E-state index in [0.29, 0.717) is 11.1 Å². The SMILES string of the molecule is CCC(CC(=O)Oc1c(C)ccc2c1NC(O)C1CC(C=CC(N)=O)=CN1C2=O)C(=O)O. The molecule has 0 saturated carbocycles. The summed E-state index contributed by atoms with van der Waals surface area (Å²) < 4.78 is 5.46. The van der Waals surface area contributed by atoms with Gasteiger partial charge < -0.3 is 30.9 Å². The number of benzene rings is 1. The third-order valence-corrected chi connectivity index (χ3v) is 5.52. The first-order valence-electron chi connectivity index (χ1n) is 10.1. The fourth-order valence-electron chi connectivity index (χ4n) is 3.73. The number of fused-ring (bicyclic) bond motifs is 2. The minimum absolute atomic E-state index is 0.0687. The topological polar surface area (TPSA) is 159 Å². The van der Waals surface area contributed by atoms with Gasteiger partial charge in [0.2, 0.25) is 5.91 Å². The van der Waals surface area contributed by atoms with Gasteiger partial charge in [-0.05, 0) is 37.0 Å². The predicted octanol–water partition coefficient (Wildman–Crippen LogP) is 1.29. The number of aliphatic hydroxyl groups excluding tert-OH is 1. The van der Waals surface area contributed by atoms with Crippen molar-refractivity contribution in [3.05, 3.63) is 47.2 Å². The summed E-state index contributed by atoms with van der Waals surface area (Å²) in [5, 5.41) is 22.8. The molecule has 3 rings (SSSR count). The van der Waals surface area contributed by atoms with Crippen LogP contribution in [-0.2, 0) is 14.4 Å². The lowest BCUT2D eigenvalue weighted by atomic mass is 10.0. The van der Waals surface area contributed by atoms with Crippen molar-refractivity contribution >= 4 is 29.4 Å². The van der Waals surface area contributed by atoms with Gasteiger partial charge >= 0.3 is 11.9 Å².